The van der Waals surface area contributed by atoms with Crippen LogP contribution in [-0.2, 0) is 14.4 Å². The molecule has 4 aromatic carbocycles. The molecule has 1 saturated heterocycles. The third kappa shape index (κ3) is 5.02. The number of amides is 3. The predicted octanol–water partition coefficient (Wildman–Crippen LogP) is 7.59. The maximum absolute atomic E-state index is 14.1. The first-order valence-electron chi connectivity index (χ1n) is 16.0. The Kier molecular flexibility index (Phi) is 7.42. The van der Waals surface area contributed by atoms with Gasteiger partial charge in [-0.2, -0.15) is 0 Å². The lowest BCUT2D eigenvalue weighted by atomic mass is 9.68. The van der Waals surface area contributed by atoms with Crippen molar-refractivity contribution in [3.63, 3.8) is 0 Å². The zero-order chi connectivity index (χ0) is 33.6. The fraction of sp³-hybridized carbons (Fsp3) is 0.243. The zero-order valence-corrected chi connectivity index (χ0v) is 28.7. The minimum Gasteiger partial charge on any atom is -0.483 e. The second-order valence-corrected chi connectivity index (χ2v) is 16.1. The van der Waals surface area contributed by atoms with E-state index in [0.717, 1.165) is 44.0 Å². The molecule has 2 aliphatic carbocycles. The van der Waals surface area contributed by atoms with Crippen molar-refractivity contribution in [3.8, 4) is 5.75 Å². The molecule has 0 spiro atoms. The van der Waals surface area contributed by atoms with Crippen molar-refractivity contribution in [2.45, 2.75) is 22.6 Å². The number of halogens is 2. The molecule has 12 heteroatoms. The number of hydrogen-bond donors (Lipinski definition) is 2. The smallest absolute Gasteiger partial charge is 0.305 e. The predicted molar refractivity (Wildman–Crippen MR) is 192 cm³/mol. The molecule has 2 N–H and O–H groups in total. The summed E-state index contributed by atoms with van der Waals surface area (Å²) in [6.07, 6.45) is 0.740. The molecule has 2 bridgehead atoms. The van der Waals surface area contributed by atoms with E-state index in [0.29, 0.717) is 27.2 Å². The molecule has 0 unspecified atom stereocenters. The first-order chi connectivity index (χ1) is 23.7. The second kappa shape index (κ2) is 11.8. The van der Waals surface area contributed by atoms with Crippen LogP contribution in [0, 0.1) is 29.6 Å². The Morgan fingerprint density at radius 2 is 1.61 bits per heavy atom. The maximum atomic E-state index is 14.1. The van der Waals surface area contributed by atoms with Gasteiger partial charge >= 0.3 is 4.87 Å². The quantitative estimate of drug-likeness (QED) is 0.175. The molecule has 5 aromatic rings. The second-order valence-electron chi connectivity index (χ2n) is 13.0. The van der Waals surface area contributed by atoms with Crippen molar-refractivity contribution in [3.05, 3.63) is 115 Å². The SMILES string of the molecule is O=C(COc1ccc(Cl)cc1[C@@H]1c2sc(=O)[nH]c2S[C@@H]2[C@@H]3C[C@@H]([C@@H]4C(=O)N(c5ccc(Cl)cc5)C(=O)[C@@H]34)[C@H]12)Nc1ccc2ccccc2c1. The summed E-state index contributed by atoms with van der Waals surface area (Å²) in [6.45, 7) is -0.243. The first kappa shape index (κ1) is 30.9. The number of thiazole rings is 1. The first-order valence-corrected chi connectivity index (χ1v) is 18.4. The third-order valence-electron chi connectivity index (χ3n) is 10.5. The summed E-state index contributed by atoms with van der Waals surface area (Å²) in [5.41, 5.74) is 1.95. The van der Waals surface area contributed by atoms with Crippen molar-refractivity contribution in [1.82, 2.24) is 4.98 Å². The molecule has 246 valence electrons. The van der Waals surface area contributed by atoms with Crippen LogP contribution in [0.4, 0.5) is 11.4 Å². The monoisotopic (exact) mass is 727 g/mol. The molecule has 2 saturated carbocycles. The number of aromatic nitrogens is 1. The van der Waals surface area contributed by atoms with Gasteiger partial charge in [-0.05, 0) is 89.5 Å². The molecular weight excluding hydrogens is 701 g/mol. The van der Waals surface area contributed by atoms with Crippen molar-refractivity contribution in [2.75, 3.05) is 16.8 Å². The van der Waals surface area contributed by atoms with E-state index in [1.54, 1.807) is 48.2 Å². The molecule has 1 aromatic heterocycles. The van der Waals surface area contributed by atoms with Gasteiger partial charge in [0.1, 0.15) is 5.75 Å². The average Bonchev–Trinajstić information content (AvgIpc) is 3.83. The minimum atomic E-state index is -0.467. The Morgan fingerprint density at radius 3 is 2.41 bits per heavy atom. The number of nitrogens with one attached hydrogen (secondary N) is 2. The highest BCUT2D eigenvalue weighted by molar-refractivity contribution is 8.00. The van der Waals surface area contributed by atoms with Crippen molar-refractivity contribution in [1.29, 1.82) is 0 Å². The van der Waals surface area contributed by atoms with E-state index >= 15 is 0 Å². The zero-order valence-electron chi connectivity index (χ0n) is 25.6. The van der Waals surface area contributed by atoms with E-state index in [-0.39, 0.29) is 58.1 Å². The molecule has 9 rings (SSSR count). The third-order valence-corrected chi connectivity index (χ3v) is 13.6. The number of H-pyrrole nitrogens is 1. The molecule has 2 aliphatic heterocycles. The molecular formula is C37H27Cl2N3O5S2. The molecule has 0 radical (unpaired) electrons. The summed E-state index contributed by atoms with van der Waals surface area (Å²) in [5.74, 6) is -1.63. The Balaban J connectivity index is 1.04. The lowest BCUT2D eigenvalue weighted by molar-refractivity contribution is -0.123. The number of carbonyl (C=O) groups is 3. The topological polar surface area (TPSA) is 109 Å². The highest BCUT2D eigenvalue weighted by Crippen LogP contribution is 2.69. The van der Waals surface area contributed by atoms with Crippen LogP contribution in [0.5, 0.6) is 5.75 Å². The van der Waals surface area contributed by atoms with Crippen molar-refractivity contribution >= 4 is 86.2 Å². The molecule has 49 heavy (non-hydrogen) atoms. The summed E-state index contributed by atoms with van der Waals surface area (Å²) < 4.78 is 6.23. The summed E-state index contributed by atoms with van der Waals surface area (Å²) >= 11 is 15.5. The lowest BCUT2D eigenvalue weighted by Crippen LogP contribution is -2.42. The number of ether oxygens (including phenoxy) is 1. The Labute approximate surface area is 298 Å². The normalized spacial score (nSPS) is 26.5. The number of carbonyl (C=O) groups excluding carboxylic acids is 3. The molecule has 3 heterocycles. The van der Waals surface area contributed by atoms with Crippen LogP contribution >= 0.6 is 46.3 Å². The maximum Gasteiger partial charge on any atom is 0.305 e. The van der Waals surface area contributed by atoms with Crippen molar-refractivity contribution in [2.24, 2.45) is 29.6 Å². The molecule has 3 amide bonds. The number of aromatic amines is 1. The van der Waals surface area contributed by atoms with E-state index in [2.05, 4.69) is 10.3 Å². The number of rotatable bonds is 6. The van der Waals surface area contributed by atoms with E-state index in [9.17, 15) is 19.2 Å². The van der Waals surface area contributed by atoms with Gasteiger partial charge in [-0.1, -0.05) is 64.9 Å². The van der Waals surface area contributed by atoms with Crippen LogP contribution in [-0.4, -0.2) is 34.6 Å². The van der Waals surface area contributed by atoms with Crippen LogP contribution in [0.15, 0.2) is 94.7 Å². The van der Waals surface area contributed by atoms with Gasteiger partial charge in [-0.25, -0.2) is 0 Å². The summed E-state index contributed by atoms with van der Waals surface area (Å²) in [7, 11) is 0. The summed E-state index contributed by atoms with van der Waals surface area (Å²) in [4.78, 5) is 59.0. The van der Waals surface area contributed by atoms with Crippen LogP contribution in [0.25, 0.3) is 10.8 Å². The Morgan fingerprint density at radius 1 is 0.878 bits per heavy atom. The molecule has 8 nitrogen and oxygen atoms in total. The summed E-state index contributed by atoms with van der Waals surface area (Å²) in [6, 6.07) is 25.8. The number of fused-ring (bicyclic) bond motifs is 10. The number of anilines is 2. The van der Waals surface area contributed by atoms with E-state index in [4.69, 9.17) is 27.9 Å². The van der Waals surface area contributed by atoms with Gasteiger partial charge in [-0.15, -0.1) is 11.8 Å². The average molecular weight is 729 g/mol. The van der Waals surface area contributed by atoms with Crippen LogP contribution < -0.4 is 19.8 Å². The standard InChI is InChI=1S/C37H27Cl2N3O5S2/c38-19-6-10-22(11-7-19)42-35(44)30-24-15-25(31(30)36(42)45)32-29(24)28(33-34(48-32)41-37(46)49-33)23-14-20(39)8-12-26(23)47-16-27(43)40-21-9-5-17-3-1-2-4-18(17)13-21/h1-14,24-25,28-32H,15-16H2,(H,40,43)(H,41,46)/t24-,25-,28+,29-,30+,31+,32-/m1/s1. The van der Waals surface area contributed by atoms with Gasteiger partial charge in [-0.3, -0.25) is 24.1 Å². The number of imide groups is 1. The molecule has 4 aliphatic rings. The lowest BCUT2D eigenvalue weighted by Gasteiger charge is -2.43. The van der Waals surface area contributed by atoms with Gasteiger partial charge < -0.3 is 15.0 Å². The van der Waals surface area contributed by atoms with E-state index in [1.165, 1.54) is 4.90 Å². The fourth-order valence-electron chi connectivity index (χ4n) is 8.71. The highest BCUT2D eigenvalue weighted by atomic mass is 35.5. The van der Waals surface area contributed by atoms with E-state index < -0.39 is 11.8 Å². The highest BCUT2D eigenvalue weighted by Gasteiger charge is 2.69. The van der Waals surface area contributed by atoms with E-state index in [1.807, 2.05) is 48.5 Å². The minimum absolute atomic E-state index is 0.0149. The summed E-state index contributed by atoms with van der Waals surface area (Å²) in [5, 5.41) is 6.79. The molecule has 7 atom stereocenters. The van der Waals surface area contributed by atoms with Crippen LogP contribution in [0.2, 0.25) is 10.0 Å². The van der Waals surface area contributed by atoms with Crippen molar-refractivity contribution < 1.29 is 19.1 Å². The van der Waals surface area contributed by atoms with Gasteiger partial charge in [0.05, 0.1) is 22.5 Å². The van der Waals surface area contributed by atoms with Crippen LogP contribution in [0.3, 0.4) is 0 Å². The fourth-order valence-corrected chi connectivity index (χ4v) is 11.9. The number of thioether (sulfide) groups is 1. The Bertz CT molecular complexity index is 2250. The van der Waals surface area contributed by atoms with Gasteiger partial charge in [0, 0.05) is 37.3 Å². The van der Waals surface area contributed by atoms with Gasteiger partial charge in [0.25, 0.3) is 5.91 Å². The number of hydrogen-bond acceptors (Lipinski definition) is 7. The Hall–Kier alpha value is -4.09. The number of nitrogens with zero attached hydrogens (tertiary/aromatic N) is 1. The van der Waals surface area contributed by atoms with Gasteiger partial charge in [0.2, 0.25) is 11.8 Å². The van der Waals surface area contributed by atoms with Gasteiger partial charge in [0.15, 0.2) is 6.61 Å². The largest absolute Gasteiger partial charge is 0.483 e. The molecule has 3 fully saturated rings. The number of benzene rings is 4. The van der Waals surface area contributed by atoms with Crippen LogP contribution in [0.1, 0.15) is 22.8 Å².